The van der Waals surface area contributed by atoms with Crippen LogP contribution in [-0.4, -0.2) is 25.1 Å². The van der Waals surface area contributed by atoms with Gasteiger partial charge in [0.1, 0.15) is 10.5 Å². The highest BCUT2D eigenvalue weighted by molar-refractivity contribution is 7.17. The molecule has 0 saturated heterocycles. The Kier molecular flexibility index (Phi) is 4.26. The quantitative estimate of drug-likeness (QED) is 0.588. The maximum atomic E-state index is 12.5. The van der Waals surface area contributed by atoms with E-state index in [0.717, 1.165) is 11.2 Å². The van der Waals surface area contributed by atoms with Gasteiger partial charge >= 0.3 is 0 Å². The van der Waals surface area contributed by atoms with Gasteiger partial charge in [0, 0.05) is 25.1 Å². The number of hydrogen-bond donors (Lipinski definition) is 1. The first-order valence-corrected chi connectivity index (χ1v) is 9.26. The largest absolute Gasteiger partial charge is 0.326 e. The van der Waals surface area contributed by atoms with Crippen molar-refractivity contribution in [1.29, 1.82) is 0 Å². The molecule has 1 N–H and O–H groups in total. The Hall–Kier alpha value is -3.00. The van der Waals surface area contributed by atoms with Crippen molar-refractivity contribution < 1.29 is 4.79 Å². The van der Waals surface area contributed by atoms with E-state index in [0.29, 0.717) is 29.3 Å². The molecule has 26 heavy (non-hydrogen) atoms. The monoisotopic (exact) mass is 367 g/mol. The van der Waals surface area contributed by atoms with E-state index in [1.807, 2.05) is 53.1 Å². The number of thiophene rings is 1. The molecule has 8 heteroatoms. The third-order valence-corrected chi connectivity index (χ3v) is 5.12. The summed E-state index contributed by atoms with van der Waals surface area (Å²) in [5.74, 6) is 1.11. The second-order valence-corrected chi connectivity index (χ2v) is 6.77. The van der Waals surface area contributed by atoms with Crippen LogP contribution >= 0.6 is 11.3 Å². The van der Waals surface area contributed by atoms with Gasteiger partial charge in [-0.15, -0.1) is 21.5 Å². The molecule has 3 heterocycles. The first kappa shape index (κ1) is 16.5. The van der Waals surface area contributed by atoms with E-state index >= 15 is 0 Å². The third-order valence-electron chi connectivity index (χ3n) is 4.23. The van der Waals surface area contributed by atoms with Crippen molar-refractivity contribution in [2.45, 2.75) is 26.3 Å². The maximum absolute atomic E-state index is 12.5. The fourth-order valence-electron chi connectivity index (χ4n) is 3.00. The number of para-hydroxylation sites is 1. The number of aryl methyl sites for hydroxylation is 2. The highest BCUT2D eigenvalue weighted by Crippen LogP contribution is 2.20. The fourth-order valence-corrected chi connectivity index (χ4v) is 3.82. The van der Waals surface area contributed by atoms with Crippen LogP contribution < -0.4 is 10.9 Å². The molecule has 132 valence electrons. The average molecular weight is 367 g/mol. The van der Waals surface area contributed by atoms with Gasteiger partial charge in [0.2, 0.25) is 11.7 Å². The average Bonchev–Trinajstić information content (AvgIpc) is 3.28. The van der Waals surface area contributed by atoms with Crippen LogP contribution in [0.15, 0.2) is 46.6 Å². The second kappa shape index (κ2) is 6.72. The molecule has 0 aliphatic carbocycles. The molecular weight excluding hydrogens is 350 g/mol. The van der Waals surface area contributed by atoms with E-state index in [2.05, 4.69) is 15.5 Å². The summed E-state index contributed by atoms with van der Waals surface area (Å²) >= 11 is 1.41. The standard InChI is InChI=1S/C18H17N5O2S/c1-2-22-17(25)16-13(10-11-26-16)23-14(20-21-18(22)23)8-9-15(24)19-12-6-4-3-5-7-12/h3-7,10-11H,2,8-9H2,1H3,(H,19,24). The molecule has 0 bridgehead atoms. The predicted octanol–water partition coefficient (Wildman–Crippen LogP) is 2.70. The van der Waals surface area contributed by atoms with Crippen molar-refractivity contribution in [3.63, 3.8) is 0 Å². The Morgan fingerprint density at radius 3 is 2.77 bits per heavy atom. The van der Waals surface area contributed by atoms with Crippen LogP contribution in [0.5, 0.6) is 0 Å². The summed E-state index contributed by atoms with van der Waals surface area (Å²) in [5.41, 5.74) is 1.51. The molecule has 4 rings (SSSR count). The molecule has 3 aromatic heterocycles. The number of carbonyl (C=O) groups is 1. The number of anilines is 1. The first-order valence-electron chi connectivity index (χ1n) is 8.38. The molecule has 1 aromatic carbocycles. The fraction of sp³-hybridized carbons (Fsp3) is 0.222. The van der Waals surface area contributed by atoms with Gasteiger partial charge in [-0.1, -0.05) is 18.2 Å². The summed E-state index contributed by atoms with van der Waals surface area (Å²) in [7, 11) is 0. The van der Waals surface area contributed by atoms with Crippen molar-refractivity contribution >= 4 is 38.9 Å². The number of aromatic nitrogens is 4. The molecule has 7 nitrogen and oxygen atoms in total. The molecule has 0 saturated carbocycles. The summed E-state index contributed by atoms with van der Waals surface area (Å²) in [5, 5.41) is 13.2. The lowest BCUT2D eigenvalue weighted by molar-refractivity contribution is -0.116. The van der Waals surface area contributed by atoms with Crippen LogP contribution in [-0.2, 0) is 17.8 Å². The van der Waals surface area contributed by atoms with Gasteiger partial charge in [-0.3, -0.25) is 18.6 Å². The van der Waals surface area contributed by atoms with E-state index in [1.54, 1.807) is 4.57 Å². The summed E-state index contributed by atoms with van der Waals surface area (Å²) in [4.78, 5) is 24.8. The van der Waals surface area contributed by atoms with Gasteiger partial charge in [0.25, 0.3) is 5.56 Å². The zero-order valence-corrected chi connectivity index (χ0v) is 15.0. The molecule has 0 unspecified atom stereocenters. The zero-order chi connectivity index (χ0) is 18.1. The number of nitrogens with zero attached hydrogens (tertiary/aromatic N) is 4. The topological polar surface area (TPSA) is 81.3 Å². The van der Waals surface area contributed by atoms with Gasteiger partial charge in [-0.25, -0.2) is 0 Å². The smallest absolute Gasteiger partial charge is 0.272 e. The van der Waals surface area contributed by atoms with E-state index in [-0.39, 0.29) is 17.9 Å². The maximum Gasteiger partial charge on any atom is 0.272 e. The number of benzene rings is 1. The van der Waals surface area contributed by atoms with E-state index < -0.39 is 0 Å². The molecule has 4 aromatic rings. The van der Waals surface area contributed by atoms with Crippen LogP contribution in [0.1, 0.15) is 19.2 Å². The minimum absolute atomic E-state index is 0.0502. The number of hydrogen-bond acceptors (Lipinski definition) is 5. The van der Waals surface area contributed by atoms with Crippen LogP contribution in [0.3, 0.4) is 0 Å². The van der Waals surface area contributed by atoms with Crippen LogP contribution in [0.4, 0.5) is 5.69 Å². The van der Waals surface area contributed by atoms with Gasteiger partial charge in [-0.2, -0.15) is 0 Å². The lowest BCUT2D eigenvalue weighted by Gasteiger charge is -2.07. The van der Waals surface area contributed by atoms with E-state index in [9.17, 15) is 9.59 Å². The number of nitrogens with one attached hydrogen (secondary N) is 1. The van der Waals surface area contributed by atoms with Crippen molar-refractivity contribution in [2.24, 2.45) is 0 Å². The second-order valence-electron chi connectivity index (χ2n) is 5.85. The summed E-state index contributed by atoms with van der Waals surface area (Å²) in [6, 6.07) is 11.2. The number of carbonyl (C=O) groups excluding carboxylic acids is 1. The number of amides is 1. The Balaban J connectivity index is 1.64. The van der Waals surface area contributed by atoms with Crippen LogP contribution in [0.2, 0.25) is 0 Å². The Morgan fingerprint density at radius 1 is 1.19 bits per heavy atom. The normalized spacial score (nSPS) is 11.3. The minimum Gasteiger partial charge on any atom is -0.326 e. The van der Waals surface area contributed by atoms with Crippen molar-refractivity contribution in [1.82, 2.24) is 19.2 Å². The van der Waals surface area contributed by atoms with Gasteiger partial charge in [0.05, 0.1) is 5.52 Å². The highest BCUT2D eigenvalue weighted by atomic mass is 32.1. The summed E-state index contributed by atoms with van der Waals surface area (Å²) in [6.07, 6.45) is 0.721. The molecule has 0 radical (unpaired) electrons. The SMILES string of the molecule is CCn1c(=O)c2sccc2n2c(CCC(=O)Nc3ccccc3)nnc12. The van der Waals surface area contributed by atoms with Gasteiger partial charge < -0.3 is 5.32 Å². The van der Waals surface area contributed by atoms with Crippen molar-refractivity contribution in [2.75, 3.05) is 5.32 Å². The Morgan fingerprint density at radius 2 is 2.00 bits per heavy atom. The highest BCUT2D eigenvalue weighted by Gasteiger charge is 2.17. The zero-order valence-electron chi connectivity index (χ0n) is 14.2. The van der Waals surface area contributed by atoms with Crippen LogP contribution in [0, 0.1) is 0 Å². The molecule has 0 spiro atoms. The summed E-state index contributed by atoms with van der Waals surface area (Å²) < 4.78 is 4.17. The molecular formula is C18H17N5O2S. The molecule has 0 fully saturated rings. The van der Waals surface area contributed by atoms with Crippen molar-refractivity contribution in [3.8, 4) is 0 Å². The predicted molar refractivity (Wildman–Crippen MR) is 102 cm³/mol. The summed E-state index contributed by atoms with van der Waals surface area (Å²) in [6.45, 7) is 2.42. The molecule has 0 aliphatic rings. The van der Waals surface area contributed by atoms with E-state index in [4.69, 9.17) is 0 Å². The minimum atomic E-state index is -0.0849. The van der Waals surface area contributed by atoms with Crippen molar-refractivity contribution in [3.05, 3.63) is 58.0 Å². The molecule has 1 amide bonds. The third kappa shape index (κ3) is 2.78. The van der Waals surface area contributed by atoms with Gasteiger partial charge in [-0.05, 0) is 30.5 Å². The van der Waals surface area contributed by atoms with Crippen LogP contribution in [0.25, 0.3) is 16.0 Å². The Labute approximate surface area is 152 Å². The van der Waals surface area contributed by atoms with Gasteiger partial charge in [0.15, 0.2) is 0 Å². The lowest BCUT2D eigenvalue weighted by atomic mass is 10.2. The Bertz CT molecular complexity index is 1140. The number of rotatable bonds is 5. The lowest BCUT2D eigenvalue weighted by Crippen LogP contribution is -2.21. The van der Waals surface area contributed by atoms with E-state index in [1.165, 1.54) is 11.3 Å². The molecule has 0 aliphatic heterocycles. The molecule has 0 atom stereocenters. The number of fused-ring (bicyclic) bond motifs is 3. The first-order chi connectivity index (χ1) is 12.7.